The summed E-state index contributed by atoms with van der Waals surface area (Å²) in [6.07, 6.45) is 0. The molecular weight excluding hydrogens is 190 g/mol. The molecule has 6 nitrogen and oxygen atoms in total. The number of rotatable bonds is 0. The fourth-order valence-electron chi connectivity index (χ4n) is 0. The maximum Gasteiger partial charge on any atom is 0.466 e. The molecule has 0 saturated heterocycles. The normalized spacial score (nSPS) is 10.4. The number of phosphoric acid groups is 1. The molecule has 9 heavy (non-hydrogen) atoms. The maximum absolute atomic E-state index is 8.88. The van der Waals surface area contributed by atoms with Crippen molar-refractivity contribution in [2.45, 2.75) is 0 Å². The van der Waals surface area contributed by atoms with Gasteiger partial charge in [-0.3, -0.25) is 0 Å². The van der Waals surface area contributed by atoms with Crippen LogP contribution in [0.15, 0.2) is 0 Å². The van der Waals surface area contributed by atoms with Crippen molar-refractivity contribution >= 4 is 26.8 Å². The van der Waals surface area contributed by atoms with Crippen LogP contribution in [-0.4, -0.2) is 24.5 Å². The summed E-state index contributed by atoms with van der Waals surface area (Å²) >= 11 is 3.83. The highest BCUT2D eigenvalue weighted by Crippen LogP contribution is 2.25. The van der Waals surface area contributed by atoms with Crippen LogP contribution in [0.5, 0.6) is 0 Å². The van der Waals surface area contributed by atoms with Crippen molar-refractivity contribution < 1.29 is 29.0 Å². The predicted octanol–water partition coefficient (Wildman–Crippen LogP) is -1.45. The van der Waals surface area contributed by atoms with Gasteiger partial charge < -0.3 is 24.5 Å². The van der Waals surface area contributed by atoms with Gasteiger partial charge in [0.05, 0.1) is 0 Å². The first kappa shape index (κ1) is 12.4. The molecule has 0 rings (SSSR count). The lowest BCUT2D eigenvalue weighted by Crippen LogP contribution is -1.66. The standard InChI is InChI=1S/H3O4P.H3O2PS/c1-5(2,3)4;1-3(2)4/h(H3,1,2,3,4);3H,(H2,1,2,4). The molecule has 0 atom stereocenters. The molecule has 58 valence electrons. The summed E-state index contributed by atoms with van der Waals surface area (Å²) in [5.74, 6) is 0. The first-order valence-electron chi connectivity index (χ1n) is 1.43. The molecule has 0 amide bonds. The molecule has 0 aromatic rings. The van der Waals surface area contributed by atoms with E-state index in [4.69, 9.17) is 29.0 Å². The van der Waals surface area contributed by atoms with E-state index in [0.717, 1.165) is 0 Å². The molecule has 0 aliphatic rings. The average Bonchev–Trinajstić information content (AvgIpc) is 1.19. The second-order valence-electron chi connectivity index (χ2n) is 0.796. The third-order valence-corrected chi connectivity index (χ3v) is 0. The zero-order valence-corrected chi connectivity index (χ0v) is 6.71. The van der Waals surface area contributed by atoms with E-state index in [0.29, 0.717) is 0 Å². The summed E-state index contributed by atoms with van der Waals surface area (Å²) < 4.78 is 8.88. The van der Waals surface area contributed by atoms with E-state index < -0.39 is 15.0 Å². The first-order chi connectivity index (χ1) is 3.73. The van der Waals surface area contributed by atoms with Crippen LogP contribution in [0.2, 0.25) is 0 Å². The Labute approximate surface area is 56.6 Å². The lowest BCUT2D eigenvalue weighted by molar-refractivity contribution is 0.275. The third kappa shape index (κ3) is 838. The minimum Gasteiger partial charge on any atom is -0.347 e. The quantitative estimate of drug-likeness (QED) is 0.300. The van der Waals surface area contributed by atoms with Crippen LogP contribution in [0.3, 0.4) is 0 Å². The fraction of sp³-hybridized carbons (Fsp3) is 0. The van der Waals surface area contributed by atoms with Gasteiger partial charge in [-0.25, -0.2) is 4.57 Å². The van der Waals surface area contributed by atoms with Crippen LogP contribution in [0, 0.1) is 0 Å². The highest BCUT2D eigenvalue weighted by molar-refractivity contribution is 7.99. The summed E-state index contributed by atoms with van der Waals surface area (Å²) in [6.45, 7) is 0. The zero-order valence-electron chi connectivity index (χ0n) is 4.00. The first-order valence-corrected chi connectivity index (χ1v) is 5.53. The SMILES string of the molecule is O=P(O)(O)O.O[PH](O)=S. The van der Waals surface area contributed by atoms with Crippen molar-refractivity contribution in [1.29, 1.82) is 0 Å². The van der Waals surface area contributed by atoms with Crippen LogP contribution in [0.25, 0.3) is 0 Å². The summed E-state index contributed by atoms with van der Waals surface area (Å²) in [5.41, 5.74) is 0. The van der Waals surface area contributed by atoms with Crippen molar-refractivity contribution in [3.8, 4) is 0 Å². The highest BCUT2D eigenvalue weighted by atomic mass is 32.4. The molecule has 5 N–H and O–H groups in total. The molecule has 0 fully saturated rings. The van der Waals surface area contributed by atoms with E-state index >= 15 is 0 Å². The maximum atomic E-state index is 8.88. The second kappa shape index (κ2) is 5.46. The molecule has 0 bridgehead atoms. The molecule has 0 aliphatic heterocycles. The van der Waals surface area contributed by atoms with E-state index in [1.807, 2.05) is 0 Å². The summed E-state index contributed by atoms with van der Waals surface area (Å²) in [6, 6.07) is 0. The largest absolute Gasteiger partial charge is 0.466 e. The van der Waals surface area contributed by atoms with Crippen LogP contribution in [-0.2, 0) is 16.4 Å². The van der Waals surface area contributed by atoms with E-state index in [1.165, 1.54) is 0 Å². The van der Waals surface area contributed by atoms with Crippen LogP contribution >= 0.6 is 15.0 Å². The molecule has 0 aromatic heterocycles. The van der Waals surface area contributed by atoms with E-state index in [-0.39, 0.29) is 0 Å². The minimum absolute atomic E-state index is 2.30. The van der Waals surface area contributed by atoms with E-state index in [2.05, 4.69) is 11.8 Å². The Balaban J connectivity index is 0. The van der Waals surface area contributed by atoms with Crippen LogP contribution in [0.1, 0.15) is 0 Å². The van der Waals surface area contributed by atoms with Gasteiger partial charge in [0.2, 0.25) is 0 Å². The molecule has 0 heterocycles. The summed E-state index contributed by atoms with van der Waals surface area (Å²) in [5, 5.41) is 0. The van der Waals surface area contributed by atoms with Gasteiger partial charge in [-0.15, -0.1) is 0 Å². The fourth-order valence-corrected chi connectivity index (χ4v) is 0. The van der Waals surface area contributed by atoms with Gasteiger partial charge in [0, 0.05) is 0 Å². The minimum atomic E-state index is -4.64. The van der Waals surface area contributed by atoms with Crippen molar-refractivity contribution in [3.63, 3.8) is 0 Å². The molecule has 0 saturated carbocycles. The highest BCUT2D eigenvalue weighted by Gasteiger charge is 2.00. The van der Waals surface area contributed by atoms with Crippen molar-refractivity contribution in [2.24, 2.45) is 0 Å². The van der Waals surface area contributed by atoms with Crippen molar-refractivity contribution in [1.82, 2.24) is 0 Å². The molecule has 0 unspecified atom stereocenters. The summed E-state index contributed by atoms with van der Waals surface area (Å²) in [7, 11) is -6.94. The lowest BCUT2D eigenvalue weighted by Gasteiger charge is -1.82. The van der Waals surface area contributed by atoms with Gasteiger partial charge in [-0.1, -0.05) is 0 Å². The van der Waals surface area contributed by atoms with Gasteiger partial charge in [0.25, 0.3) is 0 Å². The van der Waals surface area contributed by atoms with Gasteiger partial charge >= 0.3 is 7.82 Å². The smallest absolute Gasteiger partial charge is 0.347 e. The molecular formula is H6O6P2S. The van der Waals surface area contributed by atoms with Gasteiger partial charge in [-0.2, -0.15) is 0 Å². The third-order valence-electron chi connectivity index (χ3n) is 0. The van der Waals surface area contributed by atoms with Crippen LogP contribution in [0.4, 0.5) is 0 Å². The Morgan fingerprint density at radius 1 is 1.22 bits per heavy atom. The number of hydrogen-bond donors (Lipinski definition) is 5. The Morgan fingerprint density at radius 3 is 1.22 bits per heavy atom. The zero-order chi connectivity index (χ0) is 8.08. The molecule has 0 spiro atoms. The molecule has 0 aliphatic carbocycles. The monoisotopic (exact) mass is 196 g/mol. The average molecular weight is 196 g/mol. The van der Waals surface area contributed by atoms with Gasteiger partial charge in [0.15, 0.2) is 7.15 Å². The predicted molar refractivity (Wildman–Crippen MR) is 34.4 cm³/mol. The molecule has 0 radical (unpaired) electrons. The Morgan fingerprint density at radius 2 is 1.22 bits per heavy atom. The number of hydrogen-bond acceptors (Lipinski definition) is 2. The van der Waals surface area contributed by atoms with Gasteiger partial charge in [0.1, 0.15) is 0 Å². The Kier molecular flexibility index (Phi) is 7.51. The molecule has 9 heteroatoms. The lowest BCUT2D eigenvalue weighted by atomic mass is 15.8. The topological polar surface area (TPSA) is 118 Å². The van der Waals surface area contributed by atoms with Crippen LogP contribution < -0.4 is 0 Å². The van der Waals surface area contributed by atoms with E-state index in [9.17, 15) is 0 Å². The Bertz CT molecular complexity index is 111. The van der Waals surface area contributed by atoms with E-state index in [1.54, 1.807) is 0 Å². The molecule has 0 aromatic carbocycles. The van der Waals surface area contributed by atoms with Gasteiger partial charge in [-0.05, 0) is 11.8 Å². The summed E-state index contributed by atoms with van der Waals surface area (Å²) in [4.78, 5) is 36.6. The van der Waals surface area contributed by atoms with Crippen molar-refractivity contribution in [2.75, 3.05) is 0 Å². The van der Waals surface area contributed by atoms with Crippen molar-refractivity contribution in [3.05, 3.63) is 0 Å². The second-order valence-corrected chi connectivity index (χ2v) is 3.48. The Hall–Kier alpha value is 0.680.